The highest BCUT2D eigenvalue weighted by molar-refractivity contribution is 7.84. The highest BCUT2D eigenvalue weighted by atomic mass is 35.5. The van der Waals surface area contributed by atoms with Crippen LogP contribution in [0.15, 0.2) is 18.2 Å². The summed E-state index contributed by atoms with van der Waals surface area (Å²) in [5.74, 6) is 0.187. The monoisotopic (exact) mass is 263 g/mol. The number of halogens is 2. The minimum Gasteiger partial charge on any atom is -0.309 e. The van der Waals surface area contributed by atoms with Gasteiger partial charge in [0.2, 0.25) is 0 Å². The number of rotatable bonds is 5. The topological polar surface area (TPSA) is 29.1 Å². The van der Waals surface area contributed by atoms with E-state index in [1.807, 2.05) is 6.92 Å². The van der Waals surface area contributed by atoms with E-state index in [-0.39, 0.29) is 11.1 Å². The maximum absolute atomic E-state index is 13.2. The van der Waals surface area contributed by atoms with Crippen LogP contribution in [0.2, 0.25) is 5.02 Å². The lowest BCUT2D eigenvalue weighted by atomic mass is 10.1. The molecule has 0 aromatic heterocycles. The minimum absolute atomic E-state index is 0.0234. The molecule has 0 radical (unpaired) electrons. The standard InChI is InChI=1S/C11H15ClFNOS/c1-8(14-5-6-16(2)15)9-3-4-10(12)11(13)7-9/h3-4,7-8,14H,5-6H2,1-2H3. The summed E-state index contributed by atoms with van der Waals surface area (Å²) >= 11 is 5.60. The van der Waals surface area contributed by atoms with Crippen molar-refractivity contribution in [3.05, 3.63) is 34.6 Å². The van der Waals surface area contributed by atoms with E-state index >= 15 is 0 Å². The van der Waals surface area contributed by atoms with Gasteiger partial charge in [-0.2, -0.15) is 0 Å². The van der Waals surface area contributed by atoms with Crippen molar-refractivity contribution in [1.82, 2.24) is 5.32 Å². The Bertz CT molecular complexity index is 386. The summed E-state index contributed by atoms with van der Waals surface area (Å²) in [6.45, 7) is 2.58. The Labute approximate surface area is 103 Å². The number of hydrogen-bond donors (Lipinski definition) is 1. The normalized spacial score (nSPS) is 14.8. The fourth-order valence-electron chi connectivity index (χ4n) is 1.32. The summed E-state index contributed by atoms with van der Waals surface area (Å²) in [5.41, 5.74) is 0.837. The fraction of sp³-hybridized carbons (Fsp3) is 0.455. The van der Waals surface area contributed by atoms with Gasteiger partial charge in [-0.3, -0.25) is 4.21 Å². The molecule has 0 amide bonds. The van der Waals surface area contributed by atoms with Gasteiger partial charge in [0, 0.05) is 35.4 Å². The van der Waals surface area contributed by atoms with E-state index in [1.54, 1.807) is 18.4 Å². The highest BCUT2D eigenvalue weighted by Crippen LogP contribution is 2.19. The quantitative estimate of drug-likeness (QED) is 0.885. The van der Waals surface area contributed by atoms with Gasteiger partial charge in [-0.1, -0.05) is 17.7 Å². The van der Waals surface area contributed by atoms with Crippen LogP contribution >= 0.6 is 11.6 Å². The third-order valence-electron chi connectivity index (χ3n) is 2.28. The van der Waals surface area contributed by atoms with Gasteiger partial charge in [-0.05, 0) is 24.6 Å². The molecule has 1 aromatic rings. The molecule has 0 saturated heterocycles. The molecule has 0 fully saturated rings. The number of benzene rings is 1. The van der Waals surface area contributed by atoms with Crippen LogP contribution in [0.25, 0.3) is 0 Å². The summed E-state index contributed by atoms with van der Waals surface area (Å²) in [6.07, 6.45) is 1.66. The average molecular weight is 264 g/mol. The Morgan fingerprint density at radius 3 is 2.81 bits per heavy atom. The zero-order chi connectivity index (χ0) is 12.1. The van der Waals surface area contributed by atoms with Gasteiger partial charge >= 0.3 is 0 Å². The summed E-state index contributed by atoms with van der Waals surface area (Å²) in [5, 5.41) is 3.30. The number of hydrogen-bond acceptors (Lipinski definition) is 2. The molecule has 1 aromatic carbocycles. The summed E-state index contributed by atoms with van der Waals surface area (Å²) in [7, 11) is -0.804. The molecule has 90 valence electrons. The van der Waals surface area contributed by atoms with Crippen LogP contribution in [0.1, 0.15) is 18.5 Å². The van der Waals surface area contributed by atoms with Gasteiger partial charge in [-0.25, -0.2) is 4.39 Å². The molecule has 1 rings (SSSR count). The molecule has 2 unspecified atom stereocenters. The van der Waals surface area contributed by atoms with Crippen LogP contribution in [-0.2, 0) is 10.8 Å². The largest absolute Gasteiger partial charge is 0.309 e. The third-order valence-corrected chi connectivity index (χ3v) is 3.37. The molecule has 2 atom stereocenters. The van der Waals surface area contributed by atoms with Gasteiger partial charge in [0.15, 0.2) is 0 Å². The van der Waals surface area contributed by atoms with Gasteiger partial charge in [0.25, 0.3) is 0 Å². The van der Waals surface area contributed by atoms with Crippen LogP contribution < -0.4 is 5.32 Å². The Morgan fingerprint density at radius 2 is 2.25 bits per heavy atom. The minimum atomic E-state index is -0.804. The SMILES string of the molecule is CC(NCCS(C)=O)c1ccc(Cl)c(F)c1. The van der Waals surface area contributed by atoms with Crippen molar-refractivity contribution < 1.29 is 8.60 Å². The molecule has 5 heteroatoms. The zero-order valence-electron chi connectivity index (χ0n) is 9.30. The maximum Gasteiger partial charge on any atom is 0.142 e. The van der Waals surface area contributed by atoms with Gasteiger partial charge in [0.1, 0.15) is 5.82 Å². The molecular weight excluding hydrogens is 249 g/mol. The predicted octanol–water partition coefficient (Wildman–Crippen LogP) is 2.51. The maximum atomic E-state index is 13.2. The summed E-state index contributed by atoms with van der Waals surface area (Å²) < 4.78 is 24.0. The Morgan fingerprint density at radius 1 is 1.56 bits per heavy atom. The molecule has 1 N–H and O–H groups in total. The van der Waals surface area contributed by atoms with Gasteiger partial charge in [0.05, 0.1) is 5.02 Å². The van der Waals surface area contributed by atoms with E-state index in [0.29, 0.717) is 12.3 Å². The lowest BCUT2D eigenvalue weighted by Gasteiger charge is -2.14. The van der Waals surface area contributed by atoms with Crippen molar-refractivity contribution in [3.63, 3.8) is 0 Å². The second-order valence-electron chi connectivity index (χ2n) is 3.63. The smallest absolute Gasteiger partial charge is 0.142 e. The van der Waals surface area contributed by atoms with Crippen molar-refractivity contribution in [3.8, 4) is 0 Å². The van der Waals surface area contributed by atoms with Crippen LogP contribution in [0.3, 0.4) is 0 Å². The van der Waals surface area contributed by atoms with Crippen molar-refractivity contribution in [2.75, 3.05) is 18.6 Å². The van der Waals surface area contributed by atoms with Gasteiger partial charge in [-0.15, -0.1) is 0 Å². The second-order valence-corrected chi connectivity index (χ2v) is 5.59. The lowest BCUT2D eigenvalue weighted by Crippen LogP contribution is -2.23. The predicted molar refractivity (Wildman–Crippen MR) is 66.8 cm³/mol. The first kappa shape index (κ1) is 13.6. The molecule has 0 aliphatic heterocycles. The van der Waals surface area contributed by atoms with Crippen molar-refractivity contribution in [1.29, 1.82) is 0 Å². The second kappa shape index (κ2) is 6.33. The molecule has 0 bridgehead atoms. The molecule has 0 spiro atoms. The Balaban J connectivity index is 2.55. The first-order valence-electron chi connectivity index (χ1n) is 4.99. The van der Waals surface area contributed by atoms with E-state index in [0.717, 1.165) is 5.56 Å². The summed E-state index contributed by atoms with van der Waals surface area (Å²) in [6, 6.07) is 4.77. The number of nitrogens with one attached hydrogen (secondary N) is 1. The molecule has 0 saturated carbocycles. The molecule has 2 nitrogen and oxygen atoms in total. The molecule has 0 aliphatic rings. The highest BCUT2D eigenvalue weighted by Gasteiger charge is 2.07. The fourth-order valence-corrected chi connectivity index (χ4v) is 1.84. The van der Waals surface area contributed by atoms with Crippen molar-refractivity contribution in [2.24, 2.45) is 0 Å². The van der Waals surface area contributed by atoms with Crippen LogP contribution in [0, 0.1) is 5.82 Å². The first-order valence-corrected chi connectivity index (χ1v) is 7.09. The Hall–Kier alpha value is -0.450. The molecule has 16 heavy (non-hydrogen) atoms. The molecular formula is C11H15ClFNOS. The first-order chi connectivity index (χ1) is 7.50. The van der Waals surface area contributed by atoms with Crippen molar-refractivity contribution >= 4 is 22.4 Å². The van der Waals surface area contributed by atoms with E-state index in [4.69, 9.17) is 11.6 Å². The third kappa shape index (κ3) is 4.20. The van der Waals surface area contributed by atoms with Crippen molar-refractivity contribution in [2.45, 2.75) is 13.0 Å². The molecule has 0 aliphatic carbocycles. The average Bonchev–Trinajstić information content (AvgIpc) is 2.21. The molecule has 0 heterocycles. The van der Waals surface area contributed by atoms with E-state index in [1.165, 1.54) is 6.07 Å². The zero-order valence-corrected chi connectivity index (χ0v) is 10.9. The van der Waals surface area contributed by atoms with E-state index in [2.05, 4.69) is 5.32 Å². The Kier molecular flexibility index (Phi) is 5.38. The van der Waals surface area contributed by atoms with E-state index < -0.39 is 16.6 Å². The van der Waals surface area contributed by atoms with Crippen LogP contribution in [0.5, 0.6) is 0 Å². The van der Waals surface area contributed by atoms with Gasteiger partial charge < -0.3 is 5.32 Å². The van der Waals surface area contributed by atoms with Crippen LogP contribution in [-0.4, -0.2) is 22.8 Å². The van der Waals surface area contributed by atoms with E-state index in [9.17, 15) is 8.60 Å². The van der Waals surface area contributed by atoms with Crippen LogP contribution in [0.4, 0.5) is 4.39 Å². The summed E-state index contributed by atoms with van der Waals surface area (Å²) in [4.78, 5) is 0. The lowest BCUT2D eigenvalue weighted by molar-refractivity contribution is 0.583.